The molecule has 1 N–H and O–H groups in total. The van der Waals surface area contributed by atoms with Crippen LogP contribution in [0.3, 0.4) is 0 Å². The van der Waals surface area contributed by atoms with Crippen LogP contribution in [0.1, 0.15) is 17.3 Å². The molecule has 0 fully saturated rings. The molecule has 15 heavy (non-hydrogen) atoms. The molecule has 82 valence electrons. The number of hydrogen-bond acceptors (Lipinski definition) is 3. The van der Waals surface area contributed by atoms with E-state index < -0.39 is 6.10 Å². The summed E-state index contributed by atoms with van der Waals surface area (Å²) in [6.45, 7) is 1.99. The first kappa shape index (κ1) is 12.1. The van der Waals surface area contributed by atoms with Crippen molar-refractivity contribution in [1.82, 2.24) is 4.90 Å². The van der Waals surface area contributed by atoms with E-state index in [1.54, 1.807) is 38.2 Å². The number of likely N-dealkylation sites (N-methyl/N-ethyl adjacent to an activating group) is 1. The van der Waals surface area contributed by atoms with Gasteiger partial charge in [-0.2, -0.15) is 0 Å². The van der Waals surface area contributed by atoms with Crippen molar-refractivity contribution in [2.24, 2.45) is 0 Å². The lowest BCUT2D eigenvalue weighted by Gasteiger charge is -2.18. The molecule has 0 aliphatic heterocycles. The van der Waals surface area contributed by atoms with Crippen molar-refractivity contribution >= 4 is 18.5 Å². The summed E-state index contributed by atoms with van der Waals surface area (Å²) in [5.74, 6) is -0.0933. The standard InChI is InChI=1S/C11H15NO2S/c1-8(13)7-12(2)11(14)9-3-5-10(15)6-4-9/h3-6,8,13,15H,7H2,1-2H3. The van der Waals surface area contributed by atoms with Gasteiger partial charge in [0.2, 0.25) is 0 Å². The number of aliphatic hydroxyl groups excluding tert-OH is 1. The second-order valence-electron chi connectivity index (χ2n) is 3.58. The Kier molecular flexibility index (Phi) is 4.17. The van der Waals surface area contributed by atoms with Crippen molar-refractivity contribution < 1.29 is 9.90 Å². The minimum Gasteiger partial charge on any atom is -0.392 e. The first-order chi connectivity index (χ1) is 7.00. The van der Waals surface area contributed by atoms with Gasteiger partial charge in [0.15, 0.2) is 0 Å². The zero-order chi connectivity index (χ0) is 11.4. The second kappa shape index (κ2) is 5.19. The fourth-order valence-electron chi connectivity index (χ4n) is 1.30. The molecular formula is C11H15NO2S. The smallest absolute Gasteiger partial charge is 0.253 e. The van der Waals surface area contributed by atoms with E-state index in [0.717, 1.165) is 4.90 Å². The molecule has 0 saturated heterocycles. The first-order valence-electron chi connectivity index (χ1n) is 4.73. The zero-order valence-electron chi connectivity index (χ0n) is 8.84. The van der Waals surface area contributed by atoms with E-state index in [-0.39, 0.29) is 5.91 Å². The molecule has 0 aromatic heterocycles. The van der Waals surface area contributed by atoms with Crippen LogP contribution in [0.25, 0.3) is 0 Å². The van der Waals surface area contributed by atoms with Gasteiger partial charge in [-0.15, -0.1) is 12.6 Å². The highest BCUT2D eigenvalue weighted by Gasteiger charge is 2.12. The number of thiol groups is 1. The molecule has 0 spiro atoms. The number of benzene rings is 1. The van der Waals surface area contributed by atoms with Crippen LogP contribution in [0.2, 0.25) is 0 Å². The van der Waals surface area contributed by atoms with Crippen LogP contribution in [0.5, 0.6) is 0 Å². The largest absolute Gasteiger partial charge is 0.392 e. The highest BCUT2D eigenvalue weighted by Crippen LogP contribution is 2.09. The van der Waals surface area contributed by atoms with E-state index in [0.29, 0.717) is 12.1 Å². The van der Waals surface area contributed by atoms with Crippen molar-refractivity contribution in [2.45, 2.75) is 17.9 Å². The van der Waals surface area contributed by atoms with E-state index in [1.165, 1.54) is 4.90 Å². The predicted molar refractivity (Wildman–Crippen MR) is 62.3 cm³/mol. The maximum Gasteiger partial charge on any atom is 0.253 e. The molecule has 1 aromatic rings. The lowest BCUT2D eigenvalue weighted by Crippen LogP contribution is -2.32. The fourth-order valence-corrected chi connectivity index (χ4v) is 1.45. The zero-order valence-corrected chi connectivity index (χ0v) is 9.74. The molecule has 0 aliphatic carbocycles. The fraction of sp³-hybridized carbons (Fsp3) is 0.364. The van der Waals surface area contributed by atoms with Crippen LogP contribution in [-0.2, 0) is 0 Å². The van der Waals surface area contributed by atoms with Gasteiger partial charge < -0.3 is 10.0 Å². The summed E-state index contributed by atoms with van der Waals surface area (Å²) in [5.41, 5.74) is 0.607. The maximum atomic E-state index is 11.8. The molecule has 0 saturated carbocycles. The summed E-state index contributed by atoms with van der Waals surface area (Å²) in [4.78, 5) is 14.1. The van der Waals surface area contributed by atoms with Gasteiger partial charge in [-0.05, 0) is 31.2 Å². The third-order valence-electron chi connectivity index (χ3n) is 2.00. The van der Waals surface area contributed by atoms with Gasteiger partial charge in [0.05, 0.1) is 6.10 Å². The number of carbonyl (C=O) groups excluding carboxylic acids is 1. The molecule has 4 heteroatoms. The summed E-state index contributed by atoms with van der Waals surface area (Å²) in [6, 6.07) is 6.99. The third kappa shape index (κ3) is 3.57. The van der Waals surface area contributed by atoms with Gasteiger partial charge >= 0.3 is 0 Å². The first-order valence-corrected chi connectivity index (χ1v) is 5.18. The summed E-state index contributed by atoms with van der Waals surface area (Å²) in [6.07, 6.45) is -0.511. The third-order valence-corrected chi connectivity index (χ3v) is 2.30. The minimum atomic E-state index is -0.511. The molecule has 1 rings (SSSR count). The molecular weight excluding hydrogens is 210 g/mol. The van der Waals surface area contributed by atoms with Crippen molar-refractivity contribution in [1.29, 1.82) is 0 Å². The van der Waals surface area contributed by atoms with E-state index in [9.17, 15) is 4.79 Å². The number of rotatable bonds is 3. The van der Waals surface area contributed by atoms with Crippen LogP contribution in [0, 0.1) is 0 Å². The van der Waals surface area contributed by atoms with E-state index >= 15 is 0 Å². The molecule has 0 heterocycles. The Balaban J connectivity index is 2.72. The quantitative estimate of drug-likeness (QED) is 0.764. The van der Waals surface area contributed by atoms with Crippen LogP contribution >= 0.6 is 12.6 Å². The van der Waals surface area contributed by atoms with Crippen LogP contribution < -0.4 is 0 Å². The normalized spacial score (nSPS) is 12.3. The molecule has 3 nitrogen and oxygen atoms in total. The van der Waals surface area contributed by atoms with Crippen LogP contribution in [0.4, 0.5) is 0 Å². The summed E-state index contributed by atoms with van der Waals surface area (Å²) < 4.78 is 0. The number of aliphatic hydroxyl groups is 1. The van der Waals surface area contributed by atoms with Crippen molar-refractivity contribution in [3.8, 4) is 0 Å². The number of carbonyl (C=O) groups is 1. The monoisotopic (exact) mass is 225 g/mol. The molecule has 0 radical (unpaired) electrons. The number of hydrogen-bond donors (Lipinski definition) is 2. The average Bonchev–Trinajstić information content (AvgIpc) is 2.17. The Bertz CT molecular complexity index is 335. The summed E-state index contributed by atoms with van der Waals surface area (Å²) in [5, 5.41) is 9.16. The Morgan fingerprint density at radius 3 is 2.47 bits per heavy atom. The Morgan fingerprint density at radius 1 is 1.47 bits per heavy atom. The predicted octanol–water partition coefficient (Wildman–Crippen LogP) is 1.43. The van der Waals surface area contributed by atoms with Gasteiger partial charge in [0, 0.05) is 24.1 Å². The molecule has 0 bridgehead atoms. The average molecular weight is 225 g/mol. The molecule has 1 aromatic carbocycles. The van der Waals surface area contributed by atoms with Gasteiger partial charge in [-0.25, -0.2) is 0 Å². The molecule has 1 amide bonds. The van der Waals surface area contributed by atoms with Gasteiger partial charge in [-0.1, -0.05) is 0 Å². The van der Waals surface area contributed by atoms with Crippen LogP contribution in [-0.4, -0.2) is 35.6 Å². The highest BCUT2D eigenvalue weighted by molar-refractivity contribution is 7.80. The van der Waals surface area contributed by atoms with Gasteiger partial charge in [0.1, 0.15) is 0 Å². The summed E-state index contributed by atoms with van der Waals surface area (Å²) in [7, 11) is 1.67. The SMILES string of the molecule is CC(O)CN(C)C(=O)c1ccc(S)cc1. The Labute approximate surface area is 95.1 Å². The van der Waals surface area contributed by atoms with Crippen molar-refractivity contribution in [2.75, 3.05) is 13.6 Å². The van der Waals surface area contributed by atoms with Crippen molar-refractivity contribution in [3.05, 3.63) is 29.8 Å². The lowest BCUT2D eigenvalue weighted by atomic mass is 10.2. The van der Waals surface area contributed by atoms with Crippen molar-refractivity contribution in [3.63, 3.8) is 0 Å². The van der Waals surface area contributed by atoms with E-state index in [4.69, 9.17) is 5.11 Å². The Morgan fingerprint density at radius 2 is 2.00 bits per heavy atom. The molecule has 0 aliphatic rings. The van der Waals surface area contributed by atoms with E-state index in [2.05, 4.69) is 12.6 Å². The van der Waals surface area contributed by atoms with Crippen LogP contribution in [0.15, 0.2) is 29.2 Å². The summed E-state index contributed by atoms with van der Waals surface area (Å²) >= 11 is 4.14. The van der Waals surface area contributed by atoms with E-state index in [1.807, 2.05) is 0 Å². The lowest BCUT2D eigenvalue weighted by molar-refractivity contribution is 0.0703. The highest BCUT2D eigenvalue weighted by atomic mass is 32.1. The maximum absolute atomic E-state index is 11.8. The number of amides is 1. The van der Waals surface area contributed by atoms with Gasteiger partial charge in [-0.3, -0.25) is 4.79 Å². The molecule has 1 unspecified atom stereocenters. The minimum absolute atomic E-state index is 0.0933. The van der Waals surface area contributed by atoms with Gasteiger partial charge in [0.25, 0.3) is 5.91 Å². The Hall–Kier alpha value is -1.00. The number of nitrogens with zero attached hydrogens (tertiary/aromatic N) is 1. The molecule has 1 atom stereocenters. The topological polar surface area (TPSA) is 40.5 Å². The second-order valence-corrected chi connectivity index (χ2v) is 4.10.